The molecule has 2 rings (SSSR count). The third kappa shape index (κ3) is 3.97. The number of rotatable bonds is 6. The lowest BCUT2D eigenvalue weighted by molar-refractivity contribution is 0.340. The number of hydrogen-bond acceptors (Lipinski definition) is 2. The van der Waals surface area contributed by atoms with Crippen molar-refractivity contribution in [3.63, 3.8) is 0 Å². The third-order valence-corrected chi connectivity index (χ3v) is 4.42. The second kappa shape index (κ2) is 6.95. The molecule has 0 amide bonds. The van der Waals surface area contributed by atoms with Gasteiger partial charge in [0.25, 0.3) is 0 Å². The minimum absolute atomic E-state index is 0.420. The topological polar surface area (TPSA) is 21.3 Å². The molecule has 0 saturated heterocycles. The van der Waals surface area contributed by atoms with E-state index in [0.717, 1.165) is 30.7 Å². The van der Waals surface area contributed by atoms with Crippen LogP contribution in [-0.2, 0) is 0 Å². The van der Waals surface area contributed by atoms with Crippen LogP contribution in [0.25, 0.3) is 0 Å². The summed E-state index contributed by atoms with van der Waals surface area (Å²) in [6.07, 6.45) is 4.21. The van der Waals surface area contributed by atoms with Gasteiger partial charge in [0.2, 0.25) is 0 Å². The number of nitrogens with one attached hydrogen (secondary N) is 1. The molecule has 1 fully saturated rings. The van der Waals surface area contributed by atoms with Crippen LogP contribution >= 0.6 is 0 Å². The van der Waals surface area contributed by atoms with Gasteiger partial charge in [0.05, 0.1) is 6.61 Å². The quantitative estimate of drug-likeness (QED) is 0.829. The van der Waals surface area contributed by atoms with Gasteiger partial charge in [-0.3, -0.25) is 0 Å². The minimum atomic E-state index is 0.420. The summed E-state index contributed by atoms with van der Waals surface area (Å²) in [5.74, 6) is 2.72. The molecule has 19 heavy (non-hydrogen) atoms. The van der Waals surface area contributed by atoms with Gasteiger partial charge >= 0.3 is 0 Å². The molecule has 2 nitrogen and oxygen atoms in total. The van der Waals surface area contributed by atoms with E-state index in [1.807, 2.05) is 6.92 Å². The van der Waals surface area contributed by atoms with Crippen molar-refractivity contribution in [2.24, 2.45) is 11.8 Å². The van der Waals surface area contributed by atoms with Crippen LogP contribution in [-0.4, -0.2) is 13.2 Å². The first-order valence-corrected chi connectivity index (χ1v) is 7.66. The Morgan fingerprint density at radius 1 is 1.26 bits per heavy atom. The van der Waals surface area contributed by atoms with E-state index in [9.17, 15) is 0 Å². The largest absolute Gasteiger partial charge is 0.494 e. The molecule has 0 radical (unpaired) electrons. The summed E-state index contributed by atoms with van der Waals surface area (Å²) in [5.41, 5.74) is 1.34. The van der Waals surface area contributed by atoms with E-state index in [-0.39, 0.29) is 0 Å². The lowest BCUT2D eigenvalue weighted by Gasteiger charge is -2.20. The Balaban J connectivity index is 1.83. The van der Waals surface area contributed by atoms with Crippen LogP contribution in [0.2, 0.25) is 0 Å². The van der Waals surface area contributed by atoms with Gasteiger partial charge in [-0.05, 0) is 56.3 Å². The zero-order valence-electron chi connectivity index (χ0n) is 12.5. The predicted molar refractivity (Wildman–Crippen MR) is 80.5 cm³/mol. The maximum Gasteiger partial charge on any atom is 0.119 e. The SMILES string of the molecule is CCOc1ccc(C(C)NCC2CCCC2C)cc1. The summed E-state index contributed by atoms with van der Waals surface area (Å²) in [6.45, 7) is 8.53. The van der Waals surface area contributed by atoms with Crippen molar-refractivity contribution in [2.45, 2.75) is 46.1 Å². The first kappa shape index (κ1) is 14.4. The zero-order valence-corrected chi connectivity index (χ0v) is 12.5. The molecule has 3 unspecified atom stereocenters. The van der Waals surface area contributed by atoms with Gasteiger partial charge in [0, 0.05) is 6.04 Å². The van der Waals surface area contributed by atoms with Gasteiger partial charge in [-0.2, -0.15) is 0 Å². The average Bonchev–Trinajstić information content (AvgIpc) is 2.83. The monoisotopic (exact) mass is 261 g/mol. The average molecular weight is 261 g/mol. The standard InChI is InChI=1S/C17H27NO/c1-4-19-17-10-8-15(9-11-17)14(3)18-12-16-7-5-6-13(16)2/h8-11,13-14,16,18H,4-7,12H2,1-3H3. The van der Waals surface area contributed by atoms with Crippen molar-refractivity contribution in [2.75, 3.05) is 13.2 Å². The highest BCUT2D eigenvalue weighted by atomic mass is 16.5. The first-order chi connectivity index (χ1) is 9.20. The van der Waals surface area contributed by atoms with Crippen molar-refractivity contribution >= 4 is 0 Å². The summed E-state index contributed by atoms with van der Waals surface area (Å²) >= 11 is 0. The highest BCUT2D eigenvalue weighted by Gasteiger charge is 2.23. The van der Waals surface area contributed by atoms with Gasteiger partial charge in [0.1, 0.15) is 5.75 Å². The summed E-state index contributed by atoms with van der Waals surface area (Å²) in [5, 5.41) is 3.68. The van der Waals surface area contributed by atoms with Crippen LogP contribution in [0.1, 0.15) is 51.6 Å². The van der Waals surface area contributed by atoms with Gasteiger partial charge in [-0.1, -0.05) is 31.9 Å². The number of ether oxygens (including phenoxy) is 1. The normalized spacial score (nSPS) is 24.4. The van der Waals surface area contributed by atoms with E-state index < -0.39 is 0 Å². The molecule has 3 atom stereocenters. The fourth-order valence-electron chi connectivity index (χ4n) is 2.99. The lowest BCUT2D eigenvalue weighted by Crippen LogP contribution is -2.26. The number of hydrogen-bond donors (Lipinski definition) is 1. The molecule has 1 aliphatic carbocycles. The molecule has 1 N–H and O–H groups in total. The second-order valence-electron chi connectivity index (χ2n) is 5.80. The van der Waals surface area contributed by atoms with E-state index in [1.165, 1.54) is 24.8 Å². The highest BCUT2D eigenvalue weighted by molar-refractivity contribution is 5.28. The molecule has 106 valence electrons. The van der Waals surface area contributed by atoms with Gasteiger partial charge in [-0.15, -0.1) is 0 Å². The van der Waals surface area contributed by atoms with Crippen molar-refractivity contribution in [1.82, 2.24) is 5.32 Å². The molecule has 0 bridgehead atoms. The molecular formula is C17H27NO. The van der Waals surface area contributed by atoms with Gasteiger partial charge in [-0.25, -0.2) is 0 Å². The second-order valence-corrected chi connectivity index (χ2v) is 5.80. The minimum Gasteiger partial charge on any atom is -0.494 e. The molecule has 0 aliphatic heterocycles. The third-order valence-electron chi connectivity index (χ3n) is 4.42. The Kier molecular flexibility index (Phi) is 5.26. The Labute approximate surface area is 117 Å². The van der Waals surface area contributed by atoms with E-state index in [2.05, 4.69) is 43.4 Å². The highest BCUT2D eigenvalue weighted by Crippen LogP contribution is 2.31. The van der Waals surface area contributed by atoms with Crippen LogP contribution in [0.5, 0.6) is 5.75 Å². The Hall–Kier alpha value is -1.02. The molecule has 1 saturated carbocycles. The van der Waals surface area contributed by atoms with Crippen LogP contribution in [0.4, 0.5) is 0 Å². The van der Waals surface area contributed by atoms with E-state index >= 15 is 0 Å². The fourth-order valence-corrected chi connectivity index (χ4v) is 2.99. The Bertz CT molecular complexity index is 373. The lowest BCUT2D eigenvalue weighted by atomic mass is 9.97. The van der Waals surface area contributed by atoms with Crippen LogP contribution in [0.3, 0.4) is 0 Å². The fraction of sp³-hybridized carbons (Fsp3) is 0.647. The van der Waals surface area contributed by atoms with Crippen LogP contribution in [0, 0.1) is 11.8 Å². The summed E-state index contributed by atoms with van der Waals surface area (Å²) in [4.78, 5) is 0. The van der Waals surface area contributed by atoms with E-state index in [0.29, 0.717) is 6.04 Å². The first-order valence-electron chi connectivity index (χ1n) is 7.66. The van der Waals surface area contributed by atoms with Crippen LogP contribution in [0.15, 0.2) is 24.3 Å². The van der Waals surface area contributed by atoms with Crippen LogP contribution < -0.4 is 10.1 Å². The molecule has 0 aromatic heterocycles. The number of benzene rings is 1. The summed E-state index contributed by atoms with van der Waals surface area (Å²) < 4.78 is 5.48. The Morgan fingerprint density at radius 2 is 2.00 bits per heavy atom. The molecule has 1 aromatic rings. The van der Waals surface area contributed by atoms with Crippen molar-refractivity contribution < 1.29 is 4.74 Å². The van der Waals surface area contributed by atoms with Gasteiger partial charge < -0.3 is 10.1 Å². The molecule has 2 heteroatoms. The zero-order chi connectivity index (χ0) is 13.7. The van der Waals surface area contributed by atoms with Gasteiger partial charge in [0.15, 0.2) is 0 Å². The smallest absolute Gasteiger partial charge is 0.119 e. The van der Waals surface area contributed by atoms with E-state index in [4.69, 9.17) is 4.74 Å². The van der Waals surface area contributed by atoms with Crippen molar-refractivity contribution in [3.8, 4) is 5.75 Å². The molecule has 1 aliphatic rings. The summed E-state index contributed by atoms with van der Waals surface area (Å²) in [6, 6.07) is 8.88. The van der Waals surface area contributed by atoms with Crippen molar-refractivity contribution in [3.05, 3.63) is 29.8 Å². The molecule has 0 spiro atoms. The molecule has 1 aromatic carbocycles. The maximum absolute atomic E-state index is 5.48. The van der Waals surface area contributed by atoms with Crippen molar-refractivity contribution in [1.29, 1.82) is 0 Å². The molecule has 0 heterocycles. The predicted octanol–water partition coefficient (Wildman–Crippen LogP) is 4.17. The summed E-state index contributed by atoms with van der Waals surface area (Å²) in [7, 11) is 0. The molecular weight excluding hydrogens is 234 g/mol. The Morgan fingerprint density at radius 3 is 2.58 bits per heavy atom. The van der Waals surface area contributed by atoms with E-state index in [1.54, 1.807) is 0 Å². The maximum atomic E-state index is 5.48.